The van der Waals surface area contributed by atoms with Crippen molar-refractivity contribution in [3.8, 4) is 0 Å². The summed E-state index contributed by atoms with van der Waals surface area (Å²) in [4.78, 5) is 11.2. The fourth-order valence-corrected chi connectivity index (χ4v) is 2.19. The Kier molecular flexibility index (Phi) is 7.71. The number of esters is 1. The van der Waals surface area contributed by atoms with E-state index in [0.717, 1.165) is 0 Å². The monoisotopic (exact) mass is 308 g/mol. The SMILES string of the molecule is C=C(C)C(=O)OCCOC(C(F)=C(F)F)(C(C)C)C(C)C. The van der Waals surface area contributed by atoms with Gasteiger partial charge in [0.15, 0.2) is 5.83 Å². The van der Waals surface area contributed by atoms with Crippen molar-refractivity contribution >= 4 is 5.97 Å². The first-order valence-electron chi connectivity index (χ1n) is 6.75. The van der Waals surface area contributed by atoms with Gasteiger partial charge in [0, 0.05) is 5.57 Å². The van der Waals surface area contributed by atoms with Crippen LogP contribution in [0.5, 0.6) is 0 Å². The molecule has 0 aromatic rings. The van der Waals surface area contributed by atoms with Gasteiger partial charge in [0.25, 0.3) is 0 Å². The minimum Gasteiger partial charge on any atom is -0.460 e. The molecule has 0 aliphatic heterocycles. The fraction of sp³-hybridized carbons (Fsp3) is 0.667. The molecule has 0 spiro atoms. The van der Waals surface area contributed by atoms with Gasteiger partial charge in [0.2, 0.25) is 0 Å². The number of carbonyl (C=O) groups excluding carboxylic acids is 1. The Morgan fingerprint density at radius 1 is 1.10 bits per heavy atom. The quantitative estimate of drug-likeness (QED) is 0.382. The predicted octanol–water partition coefficient (Wildman–Crippen LogP) is 4.25. The molecule has 0 radical (unpaired) electrons. The topological polar surface area (TPSA) is 35.5 Å². The summed E-state index contributed by atoms with van der Waals surface area (Å²) in [5.74, 6) is -3.21. The molecule has 0 N–H and O–H groups in total. The van der Waals surface area contributed by atoms with Crippen LogP contribution in [0.3, 0.4) is 0 Å². The van der Waals surface area contributed by atoms with Gasteiger partial charge in [-0.3, -0.25) is 0 Å². The molecule has 0 fully saturated rings. The lowest BCUT2D eigenvalue weighted by Crippen LogP contribution is -2.45. The molecule has 21 heavy (non-hydrogen) atoms. The molecule has 0 amide bonds. The highest BCUT2D eigenvalue weighted by Crippen LogP contribution is 2.40. The van der Waals surface area contributed by atoms with Gasteiger partial charge >= 0.3 is 12.0 Å². The zero-order valence-corrected chi connectivity index (χ0v) is 13.1. The largest absolute Gasteiger partial charge is 0.460 e. The Bertz CT molecular complexity index is 402. The normalized spacial score (nSPS) is 11.7. The molecular formula is C15H23F3O3. The molecule has 0 unspecified atom stereocenters. The van der Waals surface area contributed by atoms with Crippen molar-refractivity contribution in [3.05, 3.63) is 24.1 Å². The van der Waals surface area contributed by atoms with Gasteiger partial charge in [-0.15, -0.1) is 0 Å². The lowest BCUT2D eigenvalue weighted by molar-refractivity contribution is -0.147. The second-order valence-electron chi connectivity index (χ2n) is 5.44. The molecule has 0 saturated carbocycles. The maximum Gasteiger partial charge on any atom is 0.333 e. The summed E-state index contributed by atoms with van der Waals surface area (Å²) in [5, 5.41) is 0. The number of ether oxygens (including phenoxy) is 2. The Morgan fingerprint density at radius 2 is 1.57 bits per heavy atom. The van der Waals surface area contributed by atoms with Gasteiger partial charge in [-0.1, -0.05) is 34.3 Å². The highest BCUT2D eigenvalue weighted by Gasteiger charge is 2.45. The van der Waals surface area contributed by atoms with Crippen LogP contribution >= 0.6 is 0 Å². The molecule has 0 aliphatic carbocycles. The van der Waals surface area contributed by atoms with Crippen molar-refractivity contribution in [2.24, 2.45) is 11.8 Å². The van der Waals surface area contributed by atoms with Crippen LogP contribution in [0.1, 0.15) is 34.6 Å². The molecule has 122 valence electrons. The molecule has 0 heterocycles. The summed E-state index contributed by atoms with van der Waals surface area (Å²) < 4.78 is 49.6. The van der Waals surface area contributed by atoms with Crippen molar-refractivity contribution in [1.29, 1.82) is 0 Å². The second-order valence-corrected chi connectivity index (χ2v) is 5.44. The Morgan fingerprint density at radius 3 is 1.90 bits per heavy atom. The van der Waals surface area contributed by atoms with Crippen LogP contribution in [-0.4, -0.2) is 24.8 Å². The molecule has 0 aromatic heterocycles. The van der Waals surface area contributed by atoms with Crippen LogP contribution in [0.15, 0.2) is 24.1 Å². The third kappa shape index (κ3) is 4.88. The van der Waals surface area contributed by atoms with Crippen molar-refractivity contribution in [2.75, 3.05) is 13.2 Å². The van der Waals surface area contributed by atoms with E-state index in [9.17, 15) is 18.0 Å². The highest BCUT2D eigenvalue weighted by atomic mass is 19.3. The van der Waals surface area contributed by atoms with Gasteiger partial charge < -0.3 is 9.47 Å². The molecule has 0 rings (SSSR count). The van der Waals surface area contributed by atoms with Crippen LogP contribution in [0.2, 0.25) is 0 Å². The van der Waals surface area contributed by atoms with E-state index in [4.69, 9.17) is 9.47 Å². The van der Waals surface area contributed by atoms with E-state index < -0.39 is 35.3 Å². The van der Waals surface area contributed by atoms with Crippen LogP contribution in [0, 0.1) is 11.8 Å². The van der Waals surface area contributed by atoms with Gasteiger partial charge in [-0.25, -0.2) is 9.18 Å². The summed E-state index contributed by atoms with van der Waals surface area (Å²) >= 11 is 0. The number of hydrogen-bond acceptors (Lipinski definition) is 3. The first kappa shape index (κ1) is 19.7. The minimum atomic E-state index is -2.39. The van der Waals surface area contributed by atoms with E-state index in [2.05, 4.69) is 6.58 Å². The molecule has 0 aliphatic rings. The molecular weight excluding hydrogens is 285 g/mol. The zero-order chi connectivity index (χ0) is 16.8. The summed E-state index contributed by atoms with van der Waals surface area (Å²) in [5.41, 5.74) is -1.52. The van der Waals surface area contributed by atoms with Gasteiger partial charge in [-0.05, 0) is 18.8 Å². The zero-order valence-electron chi connectivity index (χ0n) is 13.1. The fourth-order valence-electron chi connectivity index (χ4n) is 2.19. The first-order valence-corrected chi connectivity index (χ1v) is 6.75. The molecule has 0 atom stereocenters. The molecule has 0 aromatic carbocycles. The van der Waals surface area contributed by atoms with E-state index in [1.807, 2.05) is 0 Å². The third-order valence-electron chi connectivity index (χ3n) is 3.23. The lowest BCUT2D eigenvalue weighted by atomic mass is 9.79. The number of carbonyl (C=O) groups is 1. The van der Waals surface area contributed by atoms with Gasteiger partial charge in [0.05, 0.1) is 6.61 Å². The summed E-state index contributed by atoms with van der Waals surface area (Å²) in [7, 11) is 0. The summed E-state index contributed by atoms with van der Waals surface area (Å²) in [6, 6.07) is 0. The Labute approximate surface area is 123 Å². The average Bonchev–Trinajstić information content (AvgIpc) is 2.36. The van der Waals surface area contributed by atoms with Crippen LogP contribution in [0.25, 0.3) is 0 Å². The smallest absolute Gasteiger partial charge is 0.333 e. The van der Waals surface area contributed by atoms with E-state index in [1.54, 1.807) is 27.7 Å². The van der Waals surface area contributed by atoms with Gasteiger partial charge in [-0.2, -0.15) is 8.78 Å². The second kappa shape index (κ2) is 8.22. The molecule has 0 saturated heterocycles. The third-order valence-corrected chi connectivity index (χ3v) is 3.23. The van der Waals surface area contributed by atoms with E-state index in [-0.39, 0.29) is 18.8 Å². The van der Waals surface area contributed by atoms with E-state index >= 15 is 0 Å². The molecule has 6 heteroatoms. The Hall–Kier alpha value is -1.30. The van der Waals surface area contributed by atoms with Crippen LogP contribution in [0.4, 0.5) is 13.2 Å². The van der Waals surface area contributed by atoms with Crippen LogP contribution in [-0.2, 0) is 14.3 Å². The summed E-state index contributed by atoms with van der Waals surface area (Å²) in [6.07, 6.45) is -2.39. The maximum absolute atomic E-state index is 13.9. The number of halogens is 3. The predicted molar refractivity (Wildman–Crippen MR) is 74.5 cm³/mol. The molecule has 3 nitrogen and oxygen atoms in total. The maximum atomic E-state index is 13.9. The standard InChI is InChI=1S/C15H23F3O3/c1-9(2)14(19)20-7-8-21-15(10(3)4,11(5)6)12(16)13(17)18/h10-11H,1,7-8H2,2-6H3. The highest BCUT2D eigenvalue weighted by molar-refractivity contribution is 5.86. The van der Waals surface area contributed by atoms with Crippen LogP contribution < -0.4 is 0 Å². The van der Waals surface area contributed by atoms with E-state index in [0.29, 0.717) is 0 Å². The minimum absolute atomic E-state index is 0.159. The van der Waals surface area contributed by atoms with Crippen molar-refractivity contribution in [3.63, 3.8) is 0 Å². The van der Waals surface area contributed by atoms with Crippen molar-refractivity contribution in [1.82, 2.24) is 0 Å². The first-order chi connectivity index (χ1) is 9.57. The van der Waals surface area contributed by atoms with Crippen molar-refractivity contribution < 1.29 is 27.4 Å². The average molecular weight is 308 g/mol. The molecule has 0 bridgehead atoms. The lowest BCUT2D eigenvalue weighted by Gasteiger charge is -2.39. The van der Waals surface area contributed by atoms with Crippen molar-refractivity contribution in [2.45, 2.75) is 40.2 Å². The number of rotatable bonds is 8. The Balaban J connectivity index is 4.99. The van der Waals surface area contributed by atoms with E-state index in [1.165, 1.54) is 6.92 Å². The van der Waals surface area contributed by atoms with Gasteiger partial charge in [0.1, 0.15) is 12.2 Å². The number of hydrogen-bond donors (Lipinski definition) is 0. The summed E-state index contributed by atoms with van der Waals surface area (Å²) in [6.45, 7) is 10.9.